The van der Waals surface area contributed by atoms with Gasteiger partial charge >= 0.3 is 11.3 Å². The zero-order valence-corrected chi connectivity index (χ0v) is 17.7. The van der Waals surface area contributed by atoms with Crippen LogP contribution >= 0.6 is 11.8 Å². The minimum absolute atomic E-state index is 0.181. The Balaban J connectivity index is 1.57. The molecule has 0 bridgehead atoms. The SMILES string of the molecule is Cc1ccc(CSc2n[n+]3c(c(=O)[nH]2)-c2ccccc2N[C@@H]3c2ccc(O)cc2)cc1. The van der Waals surface area contributed by atoms with E-state index in [0.717, 1.165) is 16.8 Å². The Morgan fingerprint density at radius 3 is 2.55 bits per heavy atom. The molecular formula is C24H21N4O2S+. The van der Waals surface area contributed by atoms with E-state index in [0.29, 0.717) is 16.6 Å². The summed E-state index contributed by atoms with van der Waals surface area (Å²) in [7, 11) is 0. The fourth-order valence-electron chi connectivity index (χ4n) is 3.67. The summed E-state index contributed by atoms with van der Waals surface area (Å²) in [5.41, 5.74) is 5.28. The lowest BCUT2D eigenvalue weighted by Gasteiger charge is -2.22. The molecule has 0 spiro atoms. The highest BCUT2D eigenvalue weighted by Gasteiger charge is 2.37. The number of phenolic OH excluding ortho intramolecular Hbond substituents is 1. The third-order valence-electron chi connectivity index (χ3n) is 5.29. The highest BCUT2D eigenvalue weighted by Crippen LogP contribution is 2.32. The zero-order valence-electron chi connectivity index (χ0n) is 16.9. The number of nitrogens with one attached hydrogen (secondary N) is 2. The predicted octanol–water partition coefficient (Wildman–Crippen LogP) is 4.00. The molecule has 4 aromatic rings. The zero-order chi connectivity index (χ0) is 21.4. The number of phenols is 1. The van der Waals surface area contributed by atoms with E-state index in [1.807, 2.05) is 36.4 Å². The molecule has 1 aliphatic heterocycles. The van der Waals surface area contributed by atoms with Crippen LogP contribution in [0.15, 0.2) is 82.7 Å². The van der Waals surface area contributed by atoms with E-state index in [9.17, 15) is 9.90 Å². The average molecular weight is 430 g/mol. The van der Waals surface area contributed by atoms with Crippen LogP contribution in [0.2, 0.25) is 0 Å². The van der Waals surface area contributed by atoms with Crippen LogP contribution in [0.25, 0.3) is 11.3 Å². The van der Waals surface area contributed by atoms with Crippen molar-refractivity contribution in [2.75, 3.05) is 5.32 Å². The van der Waals surface area contributed by atoms with Crippen molar-refractivity contribution >= 4 is 17.4 Å². The molecule has 0 amide bonds. The third kappa shape index (κ3) is 3.80. The quantitative estimate of drug-likeness (QED) is 0.337. The summed E-state index contributed by atoms with van der Waals surface area (Å²) in [4.78, 5) is 16.1. The van der Waals surface area contributed by atoms with Crippen molar-refractivity contribution in [3.8, 4) is 17.0 Å². The molecule has 154 valence electrons. The number of aryl methyl sites for hydroxylation is 1. The maximum absolute atomic E-state index is 13.1. The second-order valence-electron chi connectivity index (χ2n) is 7.51. The van der Waals surface area contributed by atoms with Gasteiger partial charge in [0.15, 0.2) is 0 Å². The normalized spacial score (nSPS) is 14.4. The van der Waals surface area contributed by atoms with Crippen LogP contribution in [-0.4, -0.2) is 15.2 Å². The van der Waals surface area contributed by atoms with Crippen molar-refractivity contribution < 1.29 is 9.79 Å². The Morgan fingerprint density at radius 2 is 1.77 bits per heavy atom. The van der Waals surface area contributed by atoms with Crippen molar-refractivity contribution in [2.45, 2.75) is 24.0 Å². The van der Waals surface area contributed by atoms with Gasteiger partial charge in [0.1, 0.15) is 5.75 Å². The third-order valence-corrected chi connectivity index (χ3v) is 6.22. The largest absolute Gasteiger partial charge is 0.508 e. The Morgan fingerprint density at radius 1 is 1.03 bits per heavy atom. The molecule has 3 aromatic carbocycles. The van der Waals surface area contributed by atoms with Crippen molar-refractivity contribution in [3.63, 3.8) is 0 Å². The van der Waals surface area contributed by atoms with Crippen LogP contribution in [0, 0.1) is 6.92 Å². The number of hydrogen-bond donors (Lipinski definition) is 3. The van der Waals surface area contributed by atoms with Gasteiger partial charge in [-0.2, -0.15) is 0 Å². The van der Waals surface area contributed by atoms with Crippen molar-refractivity contribution in [2.24, 2.45) is 0 Å². The Labute approximate surface area is 183 Å². The van der Waals surface area contributed by atoms with Gasteiger partial charge in [-0.1, -0.05) is 53.7 Å². The highest BCUT2D eigenvalue weighted by molar-refractivity contribution is 7.98. The lowest BCUT2D eigenvalue weighted by Crippen LogP contribution is -2.55. The van der Waals surface area contributed by atoms with Gasteiger partial charge in [-0.3, -0.25) is 9.78 Å². The van der Waals surface area contributed by atoms with Crippen LogP contribution in [-0.2, 0) is 5.75 Å². The van der Waals surface area contributed by atoms with Gasteiger partial charge < -0.3 is 10.4 Å². The van der Waals surface area contributed by atoms with E-state index < -0.39 is 0 Å². The second-order valence-corrected chi connectivity index (χ2v) is 8.47. The molecule has 0 unspecified atom stereocenters. The summed E-state index contributed by atoms with van der Waals surface area (Å²) < 4.78 is 1.74. The molecule has 2 heterocycles. The topological polar surface area (TPSA) is 81.9 Å². The molecule has 5 rings (SSSR count). The number of fused-ring (bicyclic) bond motifs is 3. The molecule has 1 atom stereocenters. The summed E-state index contributed by atoms with van der Waals surface area (Å²) in [5.74, 6) is 0.898. The molecule has 31 heavy (non-hydrogen) atoms. The molecular weight excluding hydrogens is 408 g/mol. The highest BCUT2D eigenvalue weighted by atomic mass is 32.2. The van der Waals surface area contributed by atoms with Crippen molar-refractivity contribution in [3.05, 3.63) is 99.8 Å². The molecule has 1 aromatic heterocycles. The summed E-state index contributed by atoms with van der Waals surface area (Å²) in [6.45, 7) is 2.06. The summed E-state index contributed by atoms with van der Waals surface area (Å²) >= 11 is 1.49. The first-order chi connectivity index (χ1) is 15.1. The minimum atomic E-state index is -0.369. The smallest absolute Gasteiger partial charge is 0.325 e. The first kappa shape index (κ1) is 19.4. The first-order valence-corrected chi connectivity index (χ1v) is 11.0. The van der Waals surface area contributed by atoms with Gasteiger partial charge in [0.25, 0.3) is 6.17 Å². The molecule has 0 fully saturated rings. The number of para-hydroxylation sites is 1. The minimum Gasteiger partial charge on any atom is -0.508 e. The van der Waals surface area contributed by atoms with Crippen molar-refractivity contribution in [1.82, 2.24) is 10.1 Å². The average Bonchev–Trinajstić information content (AvgIpc) is 2.78. The molecule has 6 nitrogen and oxygen atoms in total. The second kappa shape index (κ2) is 7.92. The Hall–Kier alpha value is -3.58. The maximum atomic E-state index is 13.1. The van der Waals surface area contributed by atoms with Crippen LogP contribution in [0.4, 0.5) is 5.69 Å². The standard InChI is InChI=1S/C24H20N4O2S/c1-15-6-8-16(9-7-15)14-31-24-26-23(30)21-19-4-2-3-5-20(19)25-22(28(21)27-24)17-10-12-18(29)13-11-17/h2-13,22H,14H2,1H3,(H2,26,27,29,30)/p+1/t22-/m0/s1. The number of anilines is 1. The molecule has 0 aliphatic carbocycles. The van der Waals surface area contributed by atoms with Gasteiger partial charge in [0, 0.05) is 16.4 Å². The molecule has 3 N–H and O–H groups in total. The van der Waals surface area contributed by atoms with Crippen LogP contribution in [0.3, 0.4) is 0 Å². The van der Waals surface area contributed by atoms with Gasteiger partial charge in [0.05, 0.1) is 11.3 Å². The number of aromatic hydroxyl groups is 1. The maximum Gasteiger partial charge on any atom is 0.325 e. The number of nitrogens with zero attached hydrogens (tertiary/aromatic N) is 2. The van der Waals surface area contributed by atoms with Gasteiger partial charge in [-0.25, -0.2) is 0 Å². The van der Waals surface area contributed by atoms with E-state index in [2.05, 4.69) is 41.5 Å². The number of thioether (sulfide) groups is 1. The molecule has 1 aliphatic rings. The molecule has 7 heteroatoms. The van der Waals surface area contributed by atoms with E-state index in [1.54, 1.807) is 16.8 Å². The number of aromatic nitrogens is 3. The van der Waals surface area contributed by atoms with Crippen LogP contribution in [0.1, 0.15) is 22.9 Å². The van der Waals surface area contributed by atoms with E-state index in [-0.39, 0.29) is 17.5 Å². The summed E-state index contributed by atoms with van der Waals surface area (Å²) in [6.07, 6.45) is -0.369. The van der Waals surface area contributed by atoms with Gasteiger partial charge in [-0.15, -0.1) is 0 Å². The summed E-state index contributed by atoms with van der Waals surface area (Å²) in [5, 5.41) is 18.5. The lowest BCUT2D eigenvalue weighted by atomic mass is 10.0. The lowest BCUT2D eigenvalue weighted by molar-refractivity contribution is -0.759. The molecule has 0 saturated heterocycles. The van der Waals surface area contributed by atoms with E-state index in [4.69, 9.17) is 5.10 Å². The number of hydrogen-bond acceptors (Lipinski definition) is 5. The molecule has 0 radical (unpaired) electrons. The van der Waals surface area contributed by atoms with E-state index >= 15 is 0 Å². The number of aromatic amines is 1. The summed E-state index contributed by atoms with van der Waals surface area (Å²) in [6, 6.07) is 23.0. The Kier molecular flexibility index (Phi) is 4.95. The molecule has 0 saturated carbocycles. The predicted molar refractivity (Wildman–Crippen MR) is 121 cm³/mol. The first-order valence-electron chi connectivity index (χ1n) is 9.98. The van der Waals surface area contributed by atoms with Crippen molar-refractivity contribution in [1.29, 1.82) is 0 Å². The fraction of sp³-hybridized carbons (Fsp3) is 0.125. The van der Waals surface area contributed by atoms with E-state index in [1.165, 1.54) is 22.9 Å². The number of rotatable bonds is 4. The number of H-pyrrole nitrogens is 1. The van der Waals surface area contributed by atoms with Crippen LogP contribution in [0.5, 0.6) is 5.75 Å². The Bertz CT molecular complexity index is 1300. The van der Waals surface area contributed by atoms with Crippen LogP contribution < -0.4 is 15.6 Å². The number of benzene rings is 3. The monoisotopic (exact) mass is 429 g/mol. The van der Waals surface area contributed by atoms with Gasteiger partial charge in [-0.05, 0) is 53.6 Å². The van der Waals surface area contributed by atoms with Gasteiger partial charge in [0.2, 0.25) is 5.16 Å². The fourth-order valence-corrected chi connectivity index (χ4v) is 4.48.